The summed E-state index contributed by atoms with van der Waals surface area (Å²) in [4.78, 5) is 29.1. The summed E-state index contributed by atoms with van der Waals surface area (Å²) in [5.41, 5.74) is 3.89. The second kappa shape index (κ2) is 20.8. The predicted octanol–water partition coefficient (Wildman–Crippen LogP) is 9.36. The van der Waals surface area contributed by atoms with Gasteiger partial charge in [0.15, 0.2) is 0 Å². The molecule has 0 saturated carbocycles. The number of benzene rings is 2. The van der Waals surface area contributed by atoms with E-state index in [9.17, 15) is 16.8 Å². The van der Waals surface area contributed by atoms with Crippen molar-refractivity contribution in [2.24, 2.45) is 0 Å². The third kappa shape index (κ3) is 12.8. The molecule has 0 unspecified atom stereocenters. The molecule has 0 aliphatic carbocycles. The van der Waals surface area contributed by atoms with E-state index in [1.165, 1.54) is 6.42 Å². The highest BCUT2D eigenvalue weighted by Crippen LogP contribution is 2.38. The van der Waals surface area contributed by atoms with Crippen molar-refractivity contribution in [3.63, 3.8) is 0 Å². The van der Waals surface area contributed by atoms with Gasteiger partial charge in [-0.2, -0.15) is 0 Å². The Bertz CT molecular complexity index is 2970. The summed E-state index contributed by atoms with van der Waals surface area (Å²) < 4.78 is 72.1. The Hall–Kier alpha value is -5.82. The minimum absolute atomic E-state index is 0.0846. The van der Waals surface area contributed by atoms with E-state index in [0.717, 1.165) is 72.9 Å². The van der Waals surface area contributed by atoms with Crippen LogP contribution in [0.5, 0.6) is 17.4 Å². The number of nitrogens with zero attached hydrogens (tertiary/aromatic N) is 7. The fourth-order valence-electron chi connectivity index (χ4n) is 7.59. The van der Waals surface area contributed by atoms with Crippen LogP contribution < -0.4 is 28.6 Å². The van der Waals surface area contributed by atoms with E-state index in [-0.39, 0.29) is 36.5 Å². The molecule has 360 valence electrons. The van der Waals surface area contributed by atoms with Gasteiger partial charge in [0.1, 0.15) is 35.6 Å². The second-order valence-electron chi connectivity index (χ2n) is 17.7. The first-order valence-corrected chi connectivity index (χ1v) is 26.6. The average molecular weight is 1010 g/mol. The van der Waals surface area contributed by atoms with E-state index >= 15 is 0 Å². The highest BCUT2D eigenvalue weighted by atomic mass is 35.5. The van der Waals surface area contributed by atoms with Crippen LogP contribution in [-0.2, 0) is 44.1 Å². The lowest BCUT2D eigenvalue weighted by Gasteiger charge is -2.30. The lowest BCUT2D eigenvalue weighted by atomic mass is 9.79. The standard InChI is InChI=1S/C48H55Cl2N9O7S2/c1-8-22-64-44-40(50)24-34(28-52-44)48(4,5)32-14-18-38(19-15-32)66-30-36-26-42(56-46(54-36)58-68(7,62)63)41-25-35(53-45(55-41)57-67(6,60)61)29-65-37-16-12-31(13-17-37)47(2,3)33-23-39(49)43(51-27-33)59-20-10-9-11-21-59/h12-19,23-28H,8-11,20-22,29-30H2,1-7H3,(H,53,55,57)(H,54,56,58). The molecule has 7 rings (SSSR count). The highest BCUT2D eigenvalue weighted by Gasteiger charge is 2.27. The van der Waals surface area contributed by atoms with Crippen LogP contribution in [0.4, 0.5) is 17.7 Å². The molecule has 0 amide bonds. The molecule has 0 spiro atoms. The maximum atomic E-state index is 12.4. The van der Waals surface area contributed by atoms with E-state index in [0.29, 0.717) is 45.4 Å². The molecule has 4 aromatic heterocycles. The van der Waals surface area contributed by atoms with Crippen LogP contribution in [0.15, 0.2) is 85.2 Å². The number of pyridine rings is 2. The molecule has 1 fully saturated rings. The van der Waals surface area contributed by atoms with Gasteiger partial charge in [0.25, 0.3) is 0 Å². The van der Waals surface area contributed by atoms with Crippen LogP contribution in [-0.4, -0.2) is 78.9 Å². The van der Waals surface area contributed by atoms with Crippen molar-refractivity contribution in [2.75, 3.05) is 46.6 Å². The van der Waals surface area contributed by atoms with Crippen molar-refractivity contribution in [1.82, 2.24) is 29.9 Å². The first-order valence-electron chi connectivity index (χ1n) is 22.1. The van der Waals surface area contributed by atoms with Gasteiger partial charge < -0.3 is 19.1 Å². The Kier molecular flexibility index (Phi) is 15.3. The lowest BCUT2D eigenvalue weighted by Crippen LogP contribution is -2.30. The maximum Gasteiger partial charge on any atom is 0.237 e. The zero-order valence-corrected chi connectivity index (χ0v) is 42.2. The fourth-order valence-corrected chi connectivity index (χ4v) is 8.95. The molecular formula is C48H55Cl2N9O7S2. The molecule has 1 aliphatic heterocycles. The van der Waals surface area contributed by atoms with Crippen molar-refractivity contribution >= 4 is 61.0 Å². The first-order chi connectivity index (χ1) is 32.2. The minimum Gasteiger partial charge on any atom is -0.487 e. The number of nitrogens with one attached hydrogen (secondary N) is 2. The SMILES string of the molecule is CCCOc1ncc(C(C)(C)c2ccc(OCc3cc(-c4cc(COc5ccc(C(C)(C)c6cnc(N7CCCCC7)c(Cl)c6)cc5)nc(NS(C)(=O)=O)n4)nc(NS(C)(=O)=O)n3)cc2)cc1Cl. The zero-order valence-electron chi connectivity index (χ0n) is 39.0. The van der Waals surface area contributed by atoms with Gasteiger partial charge in [-0.25, -0.2) is 46.7 Å². The molecule has 0 bridgehead atoms. The molecule has 6 aromatic rings. The zero-order chi connectivity index (χ0) is 48.9. The molecular weight excluding hydrogens is 950 g/mol. The molecule has 0 atom stereocenters. The molecule has 68 heavy (non-hydrogen) atoms. The number of sulfonamides is 2. The van der Waals surface area contributed by atoms with Crippen LogP contribution >= 0.6 is 23.2 Å². The predicted molar refractivity (Wildman–Crippen MR) is 266 cm³/mol. The maximum absolute atomic E-state index is 12.4. The van der Waals surface area contributed by atoms with Crippen LogP contribution in [0, 0.1) is 0 Å². The number of hydrogen-bond donors (Lipinski definition) is 2. The second-order valence-corrected chi connectivity index (χ2v) is 22.0. The Morgan fingerprint density at radius 3 is 1.49 bits per heavy atom. The third-order valence-corrected chi connectivity index (χ3v) is 13.1. The number of anilines is 3. The molecule has 20 heteroatoms. The van der Waals surface area contributed by atoms with Crippen LogP contribution in [0.2, 0.25) is 10.0 Å². The van der Waals surface area contributed by atoms with Crippen molar-refractivity contribution in [2.45, 2.75) is 84.3 Å². The summed E-state index contributed by atoms with van der Waals surface area (Å²) in [6.45, 7) is 12.6. The van der Waals surface area contributed by atoms with Gasteiger partial charge in [-0.3, -0.25) is 9.44 Å². The topological polar surface area (TPSA) is 201 Å². The Morgan fingerprint density at radius 2 is 1.06 bits per heavy atom. The summed E-state index contributed by atoms with van der Waals surface area (Å²) >= 11 is 13.3. The van der Waals surface area contributed by atoms with E-state index in [2.05, 4.69) is 67.0 Å². The molecule has 2 aromatic carbocycles. The van der Waals surface area contributed by atoms with Crippen molar-refractivity contribution in [3.05, 3.63) is 129 Å². The number of ether oxygens (including phenoxy) is 3. The van der Waals surface area contributed by atoms with Crippen LogP contribution in [0.25, 0.3) is 11.4 Å². The largest absolute Gasteiger partial charge is 0.487 e. The highest BCUT2D eigenvalue weighted by molar-refractivity contribution is 7.92. The average Bonchev–Trinajstić information content (AvgIpc) is 3.29. The van der Waals surface area contributed by atoms with E-state index in [4.69, 9.17) is 42.4 Å². The van der Waals surface area contributed by atoms with Gasteiger partial charge >= 0.3 is 0 Å². The van der Waals surface area contributed by atoms with Gasteiger partial charge in [-0.15, -0.1) is 0 Å². The molecule has 0 radical (unpaired) electrons. The Balaban J connectivity index is 1.09. The lowest BCUT2D eigenvalue weighted by molar-refractivity contribution is 0.301. The number of piperidine rings is 1. The van der Waals surface area contributed by atoms with Gasteiger partial charge in [0, 0.05) is 36.3 Å². The smallest absolute Gasteiger partial charge is 0.237 e. The molecule has 5 heterocycles. The van der Waals surface area contributed by atoms with Crippen LogP contribution in [0.3, 0.4) is 0 Å². The number of aromatic nitrogens is 6. The summed E-state index contributed by atoms with van der Waals surface area (Å²) in [6.07, 6.45) is 9.91. The van der Waals surface area contributed by atoms with Gasteiger partial charge in [-0.1, -0.05) is 82.1 Å². The summed E-state index contributed by atoms with van der Waals surface area (Å²) in [5.74, 6) is 1.78. The van der Waals surface area contributed by atoms with Crippen molar-refractivity contribution < 1.29 is 31.0 Å². The summed E-state index contributed by atoms with van der Waals surface area (Å²) in [7, 11) is -7.64. The van der Waals surface area contributed by atoms with Crippen molar-refractivity contribution in [1.29, 1.82) is 0 Å². The Labute approximate surface area is 408 Å². The van der Waals surface area contributed by atoms with Crippen molar-refractivity contribution in [3.8, 4) is 28.8 Å². The third-order valence-electron chi connectivity index (χ3n) is 11.5. The number of rotatable bonds is 19. The summed E-state index contributed by atoms with van der Waals surface area (Å²) in [6, 6.07) is 22.1. The quantitative estimate of drug-likeness (QED) is 0.0777. The fraction of sp³-hybridized carbons (Fsp3) is 0.375. The summed E-state index contributed by atoms with van der Waals surface area (Å²) in [5, 5.41) is 1.06. The number of hydrogen-bond acceptors (Lipinski definition) is 14. The van der Waals surface area contributed by atoms with Gasteiger partial charge in [0.2, 0.25) is 37.8 Å². The van der Waals surface area contributed by atoms with Crippen LogP contribution in [0.1, 0.15) is 93.9 Å². The monoisotopic (exact) mass is 1000 g/mol. The normalized spacial score (nSPS) is 13.5. The molecule has 1 aliphatic rings. The van der Waals surface area contributed by atoms with E-state index in [1.54, 1.807) is 18.3 Å². The molecule has 1 saturated heterocycles. The Morgan fingerprint density at radius 1 is 0.603 bits per heavy atom. The minimum atomic E-state index is -3.82. The molecule has 2 N–H and O–H groups in total. The first kappa shape index (κ1) is 50.1. The number of halogens is 2. The molecule has 16 nitrogen and oxygen atoms in total. The van der Waals surface area contributed by atoms with E-state index in [1.807, 2.05) is 73.8 Å². The van der Waals surface area contributed by atoms with Gasteiger partial charge in [0.05, 0.1) is 46.9 Å². The van der Waals surface area contributed by atoms with Gasteiger partial charge in [-0.05, 0) is 96.5 Å². The van der Waals surface area contributed by atoms with E-state index < -0.39 is 30.9 Å².